The highest BCUT2D eigenvalue weighted by Crippen LogP contribution is 2.44. The van der Waals surface area contributed by atoms with E-state index in [0.717, 1.165) is 5.56 Å². The van der Waals surface area contributed by atoms with Crippen LogP contribution in [0.4, 0.5) is 13.2 Å². The average Bonchev–Trinajstić information content (AvgIpc) is 2.92. The molecule has 0 saturated carbocycles. The highest BCUT2D eigenvalue weighted by Gasteiger charge is 2.60. The Kier molecular flexibility index (Phi) is 2.57. The Morgan fingerprint density at radius 3 is 2.79 bits per heavy atom. The zero-order chi connectivity index (χ0) is 13.7. The molecule has 1 unspecified atom stereocenters. The van der Waals surface area contributed by atoms with E-state index in [4.69, 9.17) is 0 Å². The number of hydrogen-bond donors (Lipinski definition) is 1. The quantitative estimate of drug-likeness (QED) is 0.859. The molecule has 1 N–H and O–H groups in total. The van der Waals surface area contributed by atoms with Crippen LogP contribution in [0.2, 0.25) is 0 Å². The number of hydrogen-bond acceptors (Lipinski definition) is 3. The zero-order valence-corrected chi connectivity index (χ0v) is 10.3. The van der Waals surface area contributed by atoms with Crippen molar-refractivity contribution in [3.05, 3.63) is 29.7 Å². The number of aryl methyl sites for hydroxylation is 1. The van der Waals surface area contributed by atoms with Crippen LogP contribution in [0, 0.1) is 6.92 Å². The van der Waals surface area contributed by atoms with E-state index in [0.29, 0.717) is 12.2 Å². The molecule has 3 heterocycles. The van der Waals surface area contributed by atoms with E-state index in [-0.39, 0.29) is 18.8 Å². The van der Waals surface area contributed by atoms with Gasteiger partial charge in [0.15, 0.2) is 11.5 Å². The molecule has 1 fully saturated rings. The van der Waals surface area contributed by atoms with Gasteiger partial charge in [-0.1, -0.05) is 0 Å². The topological polar surface area (TPSA) is 42.2 Å². The van der Waals surface area contributed by atoms with Crippen LogP contribution < -0.4 is 5.32 Å². The fourth-order valence-corrected chi connectivity index (χ4v) is 2.57. The van der Waals surface area contributed by atoms with Crippen molar-refractivity contribution in [3.8, 4) is 0 Å². The van der Waals surface area contributed by atoms with Crippen LogP contribution in [0.25, 0.3) is 5.65 Å². The SMILES string of the molecule is Cc1ccn2c(C3(C(F)(F)F)CCNC3)nnc2c1. The van der Waals surface area contributed by atoms with Gasteiger partial charge in [0.2, 0.25) is 0 Å². The number of nitrogens with one attached hydrogen (secondary N) is 1. The fourth-order valence-electron chi connectivity index (χ4n) is 2.57. The Bertz CT molecular complexity index is 611. The van der Waals surface area contributed by atoms with Gasteiger partial charge in [-0.15, -0.1) is 10.2 Å². The Morgan fingerprint density at radius 1 is 1.37 bits per heavy atom. The van der Waals surface area contributed by atoms with Crippen molar-refractivity contribution in [1.29, 1.82) is 0 Å². The molecule has 1 atom stereocenters. The average molecular weight is 270 g/mol. The van der Waals surface area contributed by atoms with Gasteiger partial charge in [-0.3, -0.25) is 4.40 Å². The molecule has 7 heteroatoms. The van der Waals surface area contributed by atoms with Gasteiger partial charge in [0.1, 0.15) is 5.41 Å². The molecule has 4 nitrogen and oxygen atoms in total. The first-order chi connectivity index (χ1) is 8.94. The molecule has 2 aromatic rings. The third-order valence-corrected chi connectivity index (χ3v) is 3.69. The van der Waals surface area contributed by atoms with E-state index in [1.807, 2.05) is 6.92 Å². The van der Waals surface area contributed by atoms with Crippen molar-refractivity contribution in [2.75, 3.05) is 13.1 Å². The predicted molar refractivity (Wildman–Crippen MR) is 62.9 cm³/mol. The smallest absolute Gasteiger partial charge is 0.315 e. The minimum atomic E-state index is -4.34. The van der Waals surface area contributed by atoms with Crippen molar-refractivity contribution in [1.82, 2.24) is 19.9 Å². The van der Waals surface area contributed by atoms with Crippen molar-refractivity contribution < 1.29 is 13.2 Å². The summed E-state index contributed by atoms with van der Waals surface area (Å²) < 4.78 is 41.8. The van der Waals surface area contributed by atoms with Gasteiger partial charge < -0.3 is 5.32 Å². The minimum absolute atomic E-state index is 0.00876. The Balaban J connectivity index is 2.22. The fraction of sp³-hybridized carbons (Fsp3) is 0.500. The summed E-state index contributed by atoms with van der Waals surface area (Å²) >= 11 is 0. The number of fused-ring (bicyclic) bond motifs is 1. The summed E-state index contributed by atoms with van der Waals surface area (Å²) in [5.41, 5.74) is -0.552. The number of nitrogens with zero attached hydrogens (tertiary/aromatic N) is 3. The highest BCUT2D eigenvalue weighted by molar-refractivity contribution is 5.42. The molecule has 0 spiro atoms. The summed E-state index contributed by atoms with van der Waals surface area (Å²) in [6.07, 6.45) is -2.75. The van der Waals surface area contributed by atoms with Gasteiger partial charge in [0.25, 0.3) is 0 Å². The molecule has 0 aliphatic carbocycles. The number of halogens is 3. The molecule has 1 aliphatic heterocycles. The monoisotopic (exact) mass is 270 g/mol. The minimum Gasteiger partial charge on any atom is -0.315 e. The summed E-state index contributed by atoms with van der Waals surface area (Å²) in [6.45, 7) is 2.05. The first-order valence-electron chi connectivity index (χ1n) is 6.03. The Labute approximate surface area is 107 Å². The van der Waals surface area contributed by atoms with E-state index in [2.05, 4.69) is 15.5 Å². The second-order valence-corrected chi connectivity index (χ2v) is 4.96. The largest absolute Gasteiger partial charge is 0.402 e. The molecule has 1 saturated heterocycles. The zero-order valence-electron chi connectivity index (χ0n) is 10.3. The number of pyridine rings is 1. The van der Waals surface area contributed by atoms with Crippen LogP contribution in [-0.4, -0.2) is 33.9 Å². The van der Waals surface area contributed by atoms with Gasteiger partial charge in [-0.2, -0.15) is 13.2 Å². The molecule has 0 aromatic carbocycles. The molecule has 0 bridgehead atoms. The first-order valence-corrected chi connectivity index (χ1v) is 6.03. The lowest BCUT2D eigenvalue weighted by Gasteiger charge is -2.28. The van der Waals surface area contributed by atoms with Crippen LogP contribution >= 0.6 is 0 Å². The van der Waals surface area contributed by atoms with E-state index < -0.39 is 11.6 Å². The van der Waals surface area contributed by atoms with Crippen LogP contribution in [-0.2, 0) is 5.41 Å². The summed E-state index contributed by atoms with van der Waals surface area (Å²) in [5, 5.41) is 10.5. The van der Waals surface area contributed by atoms with Gasteiger partial charge >= 0.3 is 6.18 Å². The maximum atomic E-state index is 13.5. The van der Waals surface area contributed by atoms with Crippen LogP contribution in [0.3, 0.4) is 0 Å². The highest BCUT2D eigenvalue weighted by atomic mass is 19.4. The lowest BCUT2D eigenvalue weighted by molar-refractivity contribution is -0.187. The molecular weight excluding hydrogens is 257 g/mol. The van der Waals surface area contributed by atoms with E-state index >= 15 is 0 Å². The van der Waals surface area contributed by atoms with Gasteiger partial charge in [-0.25, -0.2) is 0 Å². The first kappa shape index (κ1) is 12.4. The predicted octanol–water partition coefficient (Wildman–Crippen LogP) is 1.83. The second kappa shape index (κ2) is 3.93. The number of rotatable bonds is 1. The molecule has 0 radical (unpaired) electrons. The summed E-state index contributed by atoms with van der Waals surface area (Å²) in [5.74, 6) is -0.0278. The van der Waals surface area contributed by atoms with E-state index in [9.17, 15) is 13.2 Å². The van der Waals surface area contributed by atoms with Gasteiger partial charge in [-0.05, 0) is 37.6 Å². The van der Waals surface area contributed by atoms with Crippen molar-refractivity contribution in [2.45, 2.75) is 24.9 Å². The second-order valence-electron chi connectivity index (χ2n) is 4.96. The number of alkyl halides is 3. The van der Waals surface area contributed by atoms with Crippen molar-refractivity contribution in [2.24, 2.45) is 0 Å². The molecular formula is C12H13F3N4. The third-order valence-electron chi connectivity index (χ3n) is 3.69. The standard InChI is InChI=1S/C12H13F3N4/c1-8-2-5-19-9(6-8)17-18-10(19)11(12(13,14)15)3-4-16-7-11/h2,5-6,16H,3-4,7H2,1H3. The molecule has 19 heavy (non-hydrogen) atoms. The maximum Gasteiger partial charge on any atom is 0.402 e. The van der Waals surface area contributed by atoms with E-state index in [1.54, 1.807) is 18.3 Å². The lowest BCUT2D eigenvalue weighted by Crippen LogP contribution is -2.45. The normalized spacial score (nSPS) is 24.2. The Hall–Kier alpha value is -1.63. The maximum absolute atomic E-state index is 13.5. The molecule has 102 valence electrons. The molecule has 3 rings (SSSR count). The third kappa shape index (κ3) is 1.72. The van der Waals surface area contributed by atoms with Crippen LogP contribution in [0.1, 0.15) is 17.8 Å². The lowest BCUT2D eigenvalue weighted by atomic mass is 9.85. The summed E-state index contributed by atoms with van der Waals surface area (Å²) in [4.78, 5) is 0. The summed E-state index contributed by atoms with van der Waals surface area (Å²) in [7, 11) is 0. The van der Waals surface area contributed by atoms with E-state index in [1.165, 1.54) is 4.40 Å². The van der Waals surface area contributed by atoms with Gasteiger partial charge in [0, 0.05) is 12.7 Å². The molecule has 2 aromatic heterocycles. The van der Waals surface area contributed by atoms with Crippen molar-refractivity contribution in [3.63, 3.8) is 0 Å². The van der Waals surface area contributed by atoms with Crippen LogP contribution in [0.15, 0.2) is 18.3 Å². The van der Waals surface area contributed by atoms with Crippen molar-refractivity contribution >= 4 is 5.65 Å². The molecule has 0 amide bonds. The van der Waals surface area contributed by atoms with Gasteiger partial charge in [0.05, 0.1) is 0 Å². The molecule has 1 aliphatic rings. The number of aromatic nitrogens is 3. The Morgan fingerprint density at radius 2 is 2.16 bits per heavy atom. The van der Waals surface area contributed by atoms with Crippen LogP contribution in [0.5, 0.6) is 0 Å². The summed E-state index contributed by atoms with van der Waals surface area (Å²) in [6, 6.07) is 3.48.